The van der Waals surface area contributed by atoms with E-state index in [-0.39, 0.29) is 23.1 Å². The van der Waals surface area contributed by atoms with Gasteiger partial charge in [0, 0.05) is 81.3 Å². The fraction of sp³-hybridized carbons (Fsp3) is 0.364. The van der Waals surface area contributed by atoms with Crippen molar-refractivity contribution in [3.63, 3.8) is 0 Å². The van der Waals surface area contributed by atoms with Crippen LogP contribution >= 0.6 is 0 Å². The molecule has 0 bridgehead atoms. The molecule has 2 saturated heterocycles. The number of nitrogens with one attached hydrogen (secondary N) is 2. The van der Waals surface area contributed by atoms with E-state index in [0.717, 1.165) is 101 Å². The van der Waals surface area contributed by atoms with Crippen LogP contribution in [-0.2, 0) is 19.9 Å². The largest absolute Gasteiger partial charge is 0.759 e. The first-order valence-electron chi connectivity index (χ1n) is 20.2. The number of quaternary nitrogens is 2. The maximum absolute atomic E-state index is 13.1. The number of hydrogen-bond acceptors (Lipinski definition) is 14. The lowest BCUT2D eigenvalue weighted by Gasteiger charge is -2.37. The quantitative estimate of drug-likeness (QED) is 0.0508. The van der Waals surface area contributed by atoms with Crippen molar-refractivity contribution in [1.29, 1.82) is 0 Å². The van der Waals surface area contributed by atoms with Crippen LogP contribution in [0.2, 0.25) is 0 Å². The first kappa shape index (κ1) is 45.0. The van der Waals surface area contributed by atoms with Gasteiger partial charge in [0.2, 0.25) is 0 Å². The molecule has 6 N–H and O–H groups in total. The molecular formula is C44H52N6O10S. The molecule has 61 heavy (non-hydrogen) atoms. The van der Waals surface area contributed by atoms with E-state index in [4.69, 9.17) is 38.5 Å². The van der Waals surface area contributed by atoms with Gasteiger partial charge in [-0.05, 0) is 24.3 Å². The van der Waals surface area contributed by atoms with Gasteiger partial charge in [-0.15, -0.1) is 0 Å². The van der Waals surface area contributed by atoms with E-state index in [0.29, 0.717) is 67.3 Å². The summed E-state index contributed by atoms with van der Waals surface area (Å²) in [6, 6.07) is 20.9. The highest BCUT2D eigenvalue weighted by Gasteiger charge is 2.35. The molecule has 0 aromatic heterocycles. The summed E-state index contributed by atoms with van der Waals surface area (Å²) in [7, 11) is -0.653. The van der Waals surface area contributed by atoms with Gasteiger partial charge in [0.15, 0.2) is 23.1 Å². The van der Waals surface area contributed by atoms with E-state index in [1.165, 1.54) is 0 Å². The van der Waals surface area contributed by atoms with E-state index >= 15 is 0 Å². The zero-order valence-corrected chi connectivity index (χ0v) is 35.2. The zero-order valence-electron chi connectivity index (χ0n) is 34.4. The molecule has 2 aliphatic heterocycles. The van der Waals surface area contributed by atoms with Gasteiger partial charge in [0.1, 0.15) is 26.2 Å². The number of carbonyl (C=O) groups excluding carboxylic acids is 4. The molecule has 16 nitrogen and oxygen atoms in total. The number of ether oxygens (including phenoxy) is 2. The standard InChI is InChI=1S/2C22H25N3O3.H2O4S/c2*1-25(11-13-28-14-12-25)10-4-9-24-18-8-7-17(23)19-20(18)22(27)16-6-3-2-5-15(16)21(19)26;1-5(2,3)4/h2*2-3,5-8H,4,9-14H2,1H3,(H2-,23,24,26,27);(H2,1,2,3,4). The van der Waals surface area contributed by atoms with Crippen molar-refractivity contribution in [3.05, 3.63) is 117 Å². The van der Waals surface area contributed by atoms with E-state index in [9.17, 15) is 19.2 Å². The number of anilines is 4. The number of rotatable bonds is 10. The minimum Gasteiger partial charge on any atom is -0.759 e. The van der Waals surface area contributed by atoms with Gasteiger partial charge in [0.05, 0.1) is 75.9 Å². The maximum Gasteiger partial charge on any atom is 0.196 e. The summed E-state index contributed by atoms with van der Waals surface area (Å²) in [6.45, 7) is 10.9. The van der Waals surface area contributed by atoms with Gasteiger partial charge in [-0.25, -0.2) is 0 Å². The first-order valence-corrected chi connectivity index (χ1v) is 21.5. The fourth-order valence-electron chi connectivity index (χ4n) is 8.17. The second kappa shape index (κ2) is 19.0. The van der Waals surface area contributed by atoms with Crippen LogP contribution in [0.15, 0.2) is 72.8 Å². The molecule has 17 heteroatoms. The number of ketones is 4. The summed E-state index contributed by atoms with van der Waals surface area (Å²) >= 11 is 0. The Bertz CT molecular complexity index is 2270. The third-order valence-corrected chi connectivity index (χ3v) is 11.7. The van der Waals surface area contributed by atoms with Crippen molar-refractivity contribution in [1.82, 2.24) is 0 Å². The average molecular weight is 857 g/mol. The van der Waals surface area contributed by atoms with Crippen LogP contribution in [0.1, 0.15) is 76.5 Å². The summed E-state index contributed by atoms with van der Waals surface area (Å²) < 4.78 is 47.0. The molecule has 0 radical (unpaired) electrons. The zero-order chi connectivity index (χ0) is 44.0. The number of nitrogens with zero attached hydrogens (tertiary/aromatic N) is 2. The summed E-state index contributed by atoms with van der Waals surface area (Å²) in [6.07, 6.45) is 1.93. The molecule has 0 saturated carbocycles. The smallest absolute Gasteiger partial charge is 0.196 e. The Labute approximate surface area is 355 Å². The lowest BCUT2D eigenvalue weighted by atomic mass is 9.82. The number of fused-ring (bicyclic) bond motifs is 4. The maximum atomic E-state index is 13.1. The predicted octanol–water partition coefficient (Wildman–Crippen LogP) is 3.31. The number of morpholine rings is 2. The van der Waals surface area contributed by atoms with Crippen molar-refractivity contribution in [3.8, 4) is 0 Å². The lowest BCUT2D eigenvalue weighted by Crippen LogP contribution is -2.52. The van der Waals surface area contributed by atoms with Crippen LogP contribution in [-0.4, -0.2) is 143 Å². The molecule has 2 fully saturated rings. The Morgan fingerprint density at radius 2 is 0.836 bits per heavy atom. The van der Waals surface area contributed by atoms with Gasteiger partial charge in [-0.2, -0.15) is 0 Å². The summed E-state index contributed by atoms with van der Waals surface area (Å²) in [5, 5.41) is 6.74. The summed E-state index contributed by atoms with van der Waals surface area (Å²) in [4.78, 5) is 52.0. The molecule has 2 heterocycles. The topological polar surface area (TPSA) is 243 Å². The van der Waals surface area contributed by atoms with Gasteiger partial charge >= 0.3 is 0 Å². The second-order valence-corrected chi connectivity index (χ2v) is 16.9. The van der Waals surface area contributed by atoms with Crippen molar-refractivity contribution in [2.75, 3.05) is 115 Å². The SMILES string of the molecule is C[N+]1(CCCNc2ccc(N)c3c2C(=O)c2ccccc2C3=O)CCOCC1.C[N+]1(CCCNc2ccc(N)c3c2C(=O)c2ccccc2C3=O)CCOCC1.O=S(=O)([O-])[O-]. The molecular weight excluding hydrogens is 805 g/mol. The van der Waals surface area contributed by atoms with Crippen LogP contribution < -0.4 is 22.1 Å². The number of benzene rings is 4. The van der Waals surface area contributed by atoms with E-state index in [1.807, 2.05) is 0 Å². The summed E-state index contributed by atoms with van der Waals surface area (Å²) in [5.41, 5.74) is 17.4. The lowest BCUT2D eigenvalue weighted by molar-refractivity contribution is -0.916. The number of nitrogens with two attached hydrogens (primary N) is 2. The van der Waals surface area contributed by atoms with Crippen LogP contribution in [0.3, 0.4) is 0 Å². The van der Waals surface area contributed by atoms with Crippen molar-refractivity contribution in [2.45, 2.75) is 12.8 Å². The minimum absolute atomic E-state index is 0.146. The van der Waals surface area contributed by atoms with E-state index < -0.39 is 10.4 Å². The third-order valence-electron chi connectivity index (χ3n) is 11.7. The van der Waals surface area contributed by atoms with Crippen molar-refractivity contribution in [2.24, 2.45) is 0 Å². The highest BCUT2D eigenvalue weighted by Crippen LogP contribution is 2.37. The third kappa shape index (κ3) is 10.7. The minimum atomic E-state index is -5.17. The molecule has 0 unspecified atom stereocenters. The first-order chi connectivity index (χ1) is 29.0. The molecule has 324 valence electrons. The van der Waals surface area contributed by atoms with Gasteiger partial charge in [-0.3, -0.25) is 27.6 Å². The Balaban J connectivity index is 0.000000184. The second-order valence-electron chi connectivity index (χ2n) is 16.1. The summed E-state index contributed by atoms with van der Waals surface area (Å²) in [5.74, 6) is -0.658. The Morgan fingerprint density at radius 1 is 0.541 bits per heavy atom. The number of likely N-dealkylation sites (N-methyl/N-ethyl adjacent to an activating group) is 2. The molecule has 2 aliphatic carbocycles. The van der Waals surface area contributed by atoms with E-state index in [1.54, 1.807) is 72.8 Å². The molecule has 4 aromatic rings. The van der Waals surface area contributed by atoms with Gasteiger partial charge in [-0.1, -0.05) is 48.5 Å². The molecule has 0 amide bonds. The predicted molar refractivity (Wildman–Crippen MR) is 228 cm³/mol. The van der Waals surface area contributed by atoms with Gasteiger partial charge in [0.25, 0.3) is 0 Å². The molecule has 4 aliphatic rings. The highest BCUT2D eigenvalue weighted by atomic mass is 32.3. The van der Waals surface area contributed by atoms with Crippen LogP contribution in [0, 0.1) is 0 Å². The van der Waals surface area contributed by atoms with Crippen LogP contribution in [0.5, 0.6) is 0 Å². The molecule has 0 spiro atoms. The number of carbonyl (C=O) groups is 4. The normalized spacial score (nSPS) is 17.2. The fourth-order valence-corrected chi connectivity index (χ4v) is 8.17. The number of hydrogen-bond donors (Lipinski definition) is 4. The monoisotopic (exact) mass is 856 g/mol. The molecule has 0 atom stereocenters. The van der Waals surface area contributed by atoms with Crippen LogP contribution in [0.25, 0.3) is 0 Å². The molecule has 4 aromatic carbocycles. The van der Waals surface area contributed by atoms with Crippen molar-refractivity contribution >= 4 is 56.3 Å². The van der Waals surface area contributed by atoms with Crippen LogP contribution in [0.4, 0.5) is 22.7 Å². The van der Waals surface area contributed by atoms with Gasteiger partial charge < -0.3 is 49.6 Å². The van der Waals surface area contributed by atoms with E-state index in [2.05, 4.69) is 24.7 Å². The highest BCUT2D eigenvalue weighted by molar-refractivity contribution is 7.79. The number of nitrogen functional groups attached to an aromatic ring is 2. The molecule has 8 rings (SSSR count). The van der Waals surface area contributed by atoms with Crippen molar-refractivity contribution < 1.29 is 55.1 Å². The Hall–Kier alpha value is -5.53. The Morgan fingerprint density at radius 3 is 1.15 bits per heavy atom. The average Bonchev–Trinajstić information content (AvgIpc) is 3.23. The Kier molecular flexibility index (Phi) is 14.0.